The molecule has 4 rings (SSSR count). The van der Waals surface area contributed by atoms with Crippen molar-refractivity contribution in [2.24, 2.45) is 5.73 Å². The molecule has 0 radical (unpaired) electrons. The van der Waals surface area contributed by atoms with E-state index < -0.39 is 6.10 Å². The molecular formula is C17H21NO3. The maximum Gasteiger partial charge on any atom is 0.166 e. The van der Waals surface area contributed by atoms with E-state index in [0.29, 0.717) is 6.42 Å². The van der Waals surface area contributed by atoms with Crippen LogP contribution < -0.4 is 15.2 Å². The summed E-state index contributed by atoms with van der Waals surface area (Å²) in [6.07, 6.45) is 7.05. The summed E-state index contributed by atoms with van der Waals surface area (Å²) in [5.41, 5.74) is 8.61. The first-order chi connectivity index (χ1) is 10.1. The second kappa shape index (κ2) is 4.49. The molecule has 1 aliphatic heterocycles. The van der Waals surface area contributed by atoms with Crippen LogP contribution in [0.5, 0.6) is 11.5 Å². The minimum Gasteiger partial charge on any atom is -0.493 e. The lowest BCUT2D eigenvalue weighted by Gasteiger charge is -2.35. The number of aliphatic hydroxyl groups is 1. The molecule has 1 spiro atoms. The topological polar surface area (TPSA) is 64.7 Å². The normalized spacial score (nSPS) is 36.4. The smallest absolute Gasteiger partial charge is 0.166 e. The summed E-state index contributed by atoms with van der Waals surface area (Å²) in [7, 11) is 1.67. The van der Waals surface area contributed by atoms with Crippen molar-refractivity contribution in [3.63, 3.8) is 0 Å². The Balaban J connectivity index is 1.95. The Bertz CT molecular complexity index is 612. The van der Waals surface area contributed by atoms with Gasteiger partial charge in [0.1, 0.15) is 6.10 Å². The van der Waals surface area contributed by atoms with E-state index in [1.807, 2.05) is 12.1 Å². The van der Waals surface area contributed by atoms with Gasteiger partial charge in [0.05, 0.1) is 18.6 Å². The van der Waals surface area contributed by atoms with Crippen molar-refractivity contribution in [3.8, 4) is 11.5 Å². The summed E-state index contributed by atoms with van der Waals surface area (Å²) in [6, 6.07) is 4.27. The zero-order valence-electron chi connectivity index (χ0n) is 12.2. The monoisotopic (exact) mass is 287 g/mol. The van der Waals surface area contributed by atoms with Crippen LogP contribution in [-0.4, -0.2) is 30.5 Å². The molecular weight excluding hydrogens is 266 g/mol. The SMILES string of the molecule is COc1ccc2c3c1O[C@@H]1C[C@H](O)C=C[C@]31CC[C@@H](N)C2. The van der Waals surface area contributed by atoms with Crippen molar-refractivity contribution in [3.05, 3.63) is 35.4 Å². The van der Waals surface area contributed by atoms with Gasteiger partial charge in [0.15, 0.2) is 11.5 Å². The third-order valence-corrected chi connectivity index (χ3v) is 5.21. The Morgan fingerprint density at radius 1 is 1.43 bits per heavy atom. The fourth-order valence-electron chi connectivity index (χ4n) is 4.18. The minimum atomic E-state index is -0.429. The molecule has 0 unspecified atom stereocenters. The van der Waals surface area contributed by atoms with Crippen molar-refractivity contribution in [2.45, 2.75) is 49.3 Å². The van der Waals surface area contributed by atoms with Gasteiger partial charge >= 0.3 is 0 Å². The van der Waals surface area contributed by atoms with Gasteiger partial charge < -0.3 is 20.3 Å². The lowest BCUT2D eigenvalue weighted by atomic mass is 9.69. The molecule has 1 aromatic rings. The summed E-state index contributed by atoms with van der Waals surface area (Å²) < 4.78 is 11.7. The van der Waals surface area contributed by atoms with Crippen LogP contribution >= 0.6 is 0 Å². The van der Waals surface area contributed by atoms with E-state index in [-0.39, 0.29) is 17.6 Å². The molecule has 0 fully saturated rings. The molecule has 2 aliphatic carbocycles. The molecule has 0 saturated heterocycles. The molecule has 4 atom stereocenters. The average molecular weight is 287 g/mol. The summed E-state index contributed by atoms with van der Waals surface area (Å²) in [5, 5.41) is 9.96. The summed E-state index contributed by atoms with van der Waals surface area (Å²) >= 11 is 0. The van der Waals surface area contributed by atoms with E-state index in [2.05, 4.69) is 12.1 Å². The van der Waals surface area contributed by atoms with Gasteiger partial charge in [-0.05, 0) is 30.9 Å². The highest BCUT2D eigenvalue weighted by Crippen LogP contribution is 2.56. The first-order valence-electron chi connectivity index (χ1n) is 7.64. The summed E-state index contributed by atoms with van der Waals surface area (Å²) in [6.45, 7) is 0. The van der Waals surface area contributed by atoms with Crippen molar-refractivity contribution in [1.29, 1.82) is 0 Å². The molecule has 0 saturated carbocycles. The van der Waals surface area contributed by atoms with E-state index in [9.17, 15) is 5.11 Å². The Kier molecular flexibility index (Phi) is 2.81. The zero-order valence-corrected chi connectivity index (χ0v) is 12.2. The Hall–Kier alpha value is -1.52. The van der Waals surface area contributed by atoms with E-state index in [4.69, 9.17) is 15.2 Å². The second-order valence-corrected chi connectivity index (χ2v) is 6.44. The molecule has 112 valence electrons. The maximum atomic E-state index is 9.96. The number of nitrogens with two attached hydrogens (primary N) is 1. The minimum absolute atomic E-state index is 0.0205. The highest BCUT2D eigenvalue weighted by Gasteiger charge is 2.52. The summed E-state index contributed by atoms with van der Waals surface area (Å²) in [4.78, 5) is 0. The first-order valence-corrected chi connectivity index (χ1v) is 7.64. The number of rotatable bonds is 1. The average Bonchev–Trinajstić information content (AvgIpc) is 2.72. The lowest BCUT2D eigenvalue weighted by molar-refractivity contribution is 0.0838. The largest absolute Gasteiger partial charge is 0.493 e. The van der Waals surface area contributed by atoms with E-state index in [0.717, 1.165) is 30.8 Å². The fourth-order valence-corrected chi connectivity index (χ4v) is 4.18. The quantitative estimate of drug-likeness (QED) is 0.771. The molecule has 0 amide bonds. The van der Waals surface area contributed by atoms with Crippen molar-refractivity contribution < 1.29 is 14.6 Å². The Morgan fingerprint density at radius 2 is 2.29 bits per heavy atom. The van der Waals surface area contributed by atoms with Gasteiger partial charge in [0.2, 0.25) is 0 Å². The van der Waals surface area contributed by atoms with Crippen LogP contribution in [0.2, 0.25) is 0 Å². The highest BCUT2D eigenvalue weighted by atomic mass is 16.5. The van der Waals surface area contributed by atoms with Gasteiger partial charge in [-0.2, -0.15) is 0 Å². The molecule has 0 aromatic heterocycles. The van der Waals surface area contributed by atoms with Gasteiger partial charge in [-0.1, -0.05) is 18.2 Å². The molecule has 3 N–H and O–H groups in total. The third-order valence-electron chi connectivity index (χ3n) is 5.21. The maximum absolute atomic E-state index is 9.96. The predicted octanol–water partition coefficient (Wildman–Crippen LogP) is 1.68. The predicted molar refractivity (Wildman–Crippen MR) is 79.8 cm³/mol. The van der Waals surface area contributed by atoms with E-state index in [1.54, 1.807) is 7.11 Å². The Morgan fingerprint density at radius 3 is 3.10 bits per heavy atom. The van der Waals surface area contributed by atoms with Crippen LogP contribution in [0.3, 0.4) is 0 Å². The van der Waals surface area contributed by atoms with E-state index >= 15 is 0 Å². The van der Waals surface area contributed by atoms with Crippen LogP contribution in [0.4, 0.5) is 0 Å². The van der Waals surface area contributed by atoms with Crippen LogP contribution in [0.1, 0.15) is 30.4 Å². The molecule has 3 aliphatic rings. The van der Waals surface area contributed by atoms with Crippen LogP contribution in [-0.2, 0) is 11.8 Å². The van der Waals surface area contributed by atoms with Crippen molar-refractivity contribution in [2.75, 3.05) is 7.11 Å². The molecule has 21 heavy (non-hydrogen) atoms. The van der Waals surface area contributed by atoms with Crippen LogP contribution in [0.25, 0.3) is 0 Å². The first kappa shape index (κ1) is 13.2. The molecule has 1 heterocycles. The standard InChI is InChI=1S/C17H21NO3/c1-20-13-3-2-10-8-11(18)4-6-17-7-5-12(19)9-14(17)21-16(13)15(10)17/h2-3,5,7,11-12,14,19H,4,6,8-9,18H2,1H3/t11-,12-,14-,17+/m1/s1. The molecule has 1 aromatic carbocycles. The molecule has 4 nitrogen and oxygen atoms in total. The fraction of sp³-hybridized carbons (Fsp3) is 0.529. The van der Waals surface area contributed by atoms with Gasteiger partial charge in [0.25, 0.3) is 0 Å². The summed E-state index contributed by atoms with van der Waals surface area (Å²) in [5.74, 6) is 1.63. The van der Waals surface area contributed by atoms with Gasteiger partial charge in [0, 0.05) is 18.0 Å². The number of benzene rings is 1. The van der Waals surface area contributed by atoms with Crippen LogP contribution in [0, 0.1) is 0 Å². The number of ether oxygens (including phenoxy) is 2. The van der Waals surface area contributed by atoms with Crippen LogP contribution in [0.15, 0.2) is 24.3 Å². The van der Waals surface area contributed by atoms with Gasteiger partial charge in [-0.3, -0.25) is 0 Å². The molecule has 4 heteroatoms. The van der Waals surface area contributed by atoms with Crippen molar-refractivity contribution >= 4 is 0 Å². The Labute approximate surface area is 124 Å². The van der Waals surface area contributed by atoms with E-state index in [1.165, 1.54) is 11.1 Å². The van der Waals surface area contributed by atoms with Gasteiger partial charge in [-0.25, -0.2) is 0 Å². The lowest BCUT2D eigenvalue weighted by Crippen LogP contribution is -2.42. The highest BCUT2D eigenvalue weighted by molar-refractivity contribution is 5.61. The zero-order chi connectivity index (χ0) is 14.6. The number of methoxy groups -OCH3 is 1. The number of aliphatic hydroxyl groups excluding tert-OH is 1. The van der Waals surface area contributed by atoms with Gasteiger partial charge in [-0.15, -0.1) is 0 Å². The molecule has 0 bridgehead atoms. The number of hydrogen-bond acceptors (Lipinski definition) is 4. The number of hydrogen-bond donors (Lipinski definition) is 2. The van der Waals surface area contributed by atoms with Crippen molar-refractivity contribution in [1.82, 2.24) is 0 Å². The third kappa shape index (κ3) is 1.75. The second-order valence-electron chi connectivity index (χ2n) is 6.44.